The maximum Gasteiger partial charge on any atom is 0.262 e. The fourth-order valence-corrected chi connectivity index (χ4v) is 2.65. The number of anilines is 1. The van der Waals surface area contributed by atoms with Gasteiger partial charge in [-0.1, -0.05) is 12.1 Å². The van der Waals surface area contributed by atoms with Crippen LogP contribution >= 0.6 is 0 Å². The summed E-state index contributed by atoms with van der Waals surface area (Å²) in [6.07, 6.45) is 6.93. The number of carbonyl (C=O) groups is 1. The van der Waals surface area contributed by atoms with E-state index >= 15 is 0 Å². The molecule has 138 valence electrons. The van der Waals surface area contributed by atoms with Gasteiger partial charge in [-0.05, 0) is 48.5 Å². The van der Waals surface area contributed by atoms with Crippen molar-refractivity contribution in [2.24, 2.45) is 0 Å². The van der Waals surface area contributed by atoms with E-state index in [4.69, 9.17) is 4.74 Å². The molecular formula is C21H17N5O2. The summed E-state index contributed by atoms with van der Waals surface area (Å²) in [6.45, 7) is -0.0731. The van der Waals surface area contributed by atoms with Crippen molar-refractivity contribution in [2.75, 3.05) is 11.9 Å². The van der Waals surface area contributed by atoms with Crippen molar-refractivity contribution in [3.63, 3.8) is 0 Å². The van der Waals surface area contributed by atoms with E-state index in [1.165, 1.54) is 0 Å². The first-order valence-corrected chi connectivity index (χ1v) is 8.67. The van der Waals surface area contributed by atoms with Crippen LogP contribution in [-0.4, -0.2) is 32.3 Å². The molecule has 0 unspecified atom stereocenters. The average Bonchev–Trinajstić information content (AvgIpc) is 3.29. The van der Waals surface area contributed by atoms with Crippen LogP contribution in [0.25, 0.3) is 16.9 Å². The molecule has 7 nitrogen and oxygen atoms in total. The Bertz CT molecular complexity index is 1030. The third-order valence-corrected chi connectivity index (χ3v) is 4.05. The Kier molecular flexibility index (Phi) is 5.06. The molecule has 28 heavy (non-hydrogen) atoms. The predicted molar refractivity (Wildman–Crippen MR) is 105 cm³/mol. The number of ether oxygens (including phenoxy) is 1. The number of amides is 1. The van der Waals surface area contributed by atoms with Crippen LogP contribution in [0, 0.1) is 0 Å². The summed E-state index contributed by atoms with van der Waals surface area (Å²) < 4.78 is 7.44. The lowest BCUT2D eigenvalue weighted by molar-refractivity contribution is -0.118. The van der Waals surface area contributed by atoms with E-state index < -0.39 is 0 Å². The summed E-state index contributed by atoms with van der Waals surface area (Å²) in [5.41, 5.74) is 3.37. The largest absolute Gasteiger partial charge is 0.484 e. The van der Waals surface area contributed by atoms with Gasteiger partial charge < -0.3 is 14.6 Å². The van der Waals surface area contributed by atoms with Gasteiger partial charge in [0.15, 0.2) is 6.61 Å². The summed E-state index contributed by atoms with van der Waals surface area (Å²) in [4.78, 5) is 16.1. The summed E-state index contributed by atoms with van der Waals surface area (Å²) >= 11 is 0. The van der Waals surface area contributed by atoms with E-state index in [2.05, 4.69) is 20.5 Å². The summed E-state index contributed by atoms with van der Waals surface area (Å²) in [5.74, 6) is 0.392. The number of rotatable bonds is 6. The Hall–Kier alpha value is -4.00. The highest BCUT2D eigenvalue weighted by atomic mass is 16.5. The third kappa shape index (κ3) is 4.21. The van der Waals surface area contributed by atoms with Crippen molar-refractivity contribution in [1.82, 2.24) is 19.7 Å². The lowest BCUT2D eigenvalue weighted by Gasteiger charge is -2.09. The monoisotopic (exact) mass is 371 g/mol. The molecule has 0 fully saturated rings. The molecular weight excluding hydrogens is 354 g/mol. The molecule has 0 bridgehead atoms. The van der Waals surface area contributed by atoms with Crippen molar-refractivity contribution in [1.29, 1.82) is 0 Å². The highest BCUT2D eigenvalue weighted by Crippen LogP contribution is 2.19. The second-order valence-corrected chi connectivity index (χ2v) is 5.99. The lowest BCUT2D eigenvalue weighted by atomic mass is 10.1. The number of aromatic nitrogens is 4. The maximum atomic E-state index is 12.1. The molecule has 0 saturated carbocycles. The van der Waals surface area contributed by atoms with Crippen LogP contribution in [-0.2, 0) is 4.79 Å². The van der Waals surface area contributed by atoms with Gasteiger partial charge in [-0.15, -0.1) is 0 Å². The molecule has 1 N–H and O–H groups in total. The lowest BCUT2D eigenvalue weighted by Crippen LogP contribution is -2.20. The number of hydrogen-bond donors (Lipinski definition) is 1. The third-order valence-electron chi connectivity index (χ3n) is 4.05. The molecule has 1 amide bonds. The summed E-state index contributed by atoms with van der Waals surface area (Å²) in [7, 11) is 0. The van der Waals surface area contributed by atoms with Crippen LogP contribution in [0.15, 0.2) is 85.6 Å². The fraction of sp³-hybridized carbons (Fsp3) is 0.0476. The molecule has 2 heterocycles. The van der Waals surface area contributed by atoms with Crippen LogP contribution in [0.3, 0.4) is 0 Å². The van der Waals surface area contributed by atoms with Crippen LogP contribution in [0.2, 0.25) is 0 Å². The first-order chi connectivity index (χ1) is 13.8. The van der Waals surface area contributed by atoms with Crippen LogP contribution in [0.5, 0.6) is 5.75 Å². The summed E-state index contributed by atoms with van der Waals surface area (Å²) in [6, 6.07) is 18.6. The first-order valence-electron chi connectivity index (χ1n) is 8.67. The zero-order valence-corrected chi connectivity index (χ0v) is 14.9. The molecule has 0 aliphatic rings. The topological polar surface area (TPSA) is 81.9 Å². The van der Waals surface area contributed by atoms with Crippen LogP contribution in [0.1, 0.15) is 0 Å². The second-order valence-electron chi connectivity index (χ2n) is 5.99. The molecule has 0 aliphatic heterocycles. The van der Waals surface area contributed by atoms with E-state index in [0.29, 0.717) is 11.4 Å². The van der Waals surface area contributed by atoms with E-state index in [9.17, 15) is 4.79 Å². The molecule has 7 heteroatoms. The van der Waals surface area contributed by atoms with E-state index in [1.807, 2.05) is 71.4 Å². The Balaban J connectivity index is 1.31. The maximum absolute atomic E-state index is 12.1. The van der Waals surface area contributed by atoms with E-state index in [0.717, 1.165) is 16.9 Å². The molecule has 2 aromatic carbocycles. The van der Waals surface area contributed by atoms with Gasteiger partial charge >= 0.3 is 0 Å². The van der Waals surface area contributed by atoms with Gasteiger partial charge in [-0.25, -0.2) is 4.98 Å². The Morgan fingerprint density at radius 1 is 1.00 bits per heavy atom. The second kappa shape index (κ2) is 8.13. The SMILES string of the molecule is O=C(COc1ccc(-n2ccnc2)cc1)Nc1ccc(-c2cccnn2)cc1. The molecule has 0 aliphatic carbocycles. The average molecular weight is 371 g/mol. The zero-order valence-electron chi connectivity index (χ0n) is 14.9. The Morgan fingerprint density at radius 2 is 1.82 bits per heavy atom. The van der Waals surface area contributed by atoms with Gasteiger partial charge in [0, 0.05) is 35.5 Å². The smallest absolute Gasteiger partial charge is 0.262 e. The minimum atomic E-state index is -0.231. The van der Waals surface area contributed by atoms with Gasteiger partial charge in [-0.2, -0.15) is 10.2 Å². The highest BCUT2D eigenvalue weighted by molar-refractivity contribution is 5.92. The number of carbonyl (C=O) groups excluding carboxylic acids is 1. The van der Waals surface area contributed by atoms with Crippen LogP contribution < -0.4 is 10.1 Å². The van der Waals surface area contributed by atoms with E-state index in [-0.39, 0.29) is 12.5 Å². The molecule has 0 radical (unpaired) electrons. The quantitative estimate of drug-likeness (QED) is 0.562. The number of hydrogen-bond acceptors (Lipinski definition) is 5. The number of benzene rings is 2. The molecule has 0 spiro atoms. The molecule has 0 saturated heterocycles. The molecule has 4 aromatic rings. The van der Waals surface area contributed by atoms with Gasteiger partial charge in [-0.3, -0.25) is 4.79 Å². The number of nitrogens with one attached hydrogen (secondary N) is 1. The van der Waals surface area contributed by atoms with Gasteiger partial charge in [0.05, 0.1) is 12.0 Å². The minimum absolute atomic E-state index is 0.0731. The van der Waals surface area contributed by atoms with E-state index in [1.54, 1.807) is 18.7 Å². The molecule has 4 rings (SSSR count). The van der Waals surface area contributed by atoms with Crippen molar-refractivity contribution in [2.45, 2.75) is 0 Å². The first kappa shape index (κ1) is 17.4. The summed E-state index contributed by atoms with van der Waals surface area (Å²) in [5, 5.41) is 10.7. The normalized spacial score (nSPS) is 10.4. The standard InChI is InChI=1S/C21H17N5O2/c27-21(14-28-19-9-7-18(8-10-19)26-13-12-22-15-26)24-17-5-3-16(4-6-17)20-2-1-11-23-25-20/h1-13,15H,14H2,(H,24,27). The molecule has 2 aromatic heterocycles. The van der Waals surface area contributed by atoms with Gasteiger partial charge in [0.1, 0.15) is 5.75 Å². The fourth-order valence-electron chi connectivity index (χ4n) is 2.65. The molecule has 0 atom stereocenters. The Morgan fingerprint density at radius 3 is 2.50 bits per heavy atom. The Labute approximate surface area is 161 Å². The van der Waals surface area contributed by atoms with Crippen LogP contribution in [0.4, 0.5) is 5.69 Å². The van der Waals surface area contributed by atoms with Gasteiger partial charge in [0.2, 0.25) is 0 Å². The van der Waals surface area contributed by atoms with Crippen molar-refractivity contribution >= 4 is 11.6 Å². The van der Waals surface area contributed by atoms with Crippen molar-refractivity contribution < 1.29 is 9.53 Å². The van der Waals surface area contributed by atoms with Crippen molar-refractivity contribution in [3.8, 4) is 22.7 Å². The van der Waals surface area contributed by atoms with Gasteiger partial charge in [0.25, 0.3) is 5.91 Å². The zero-order chi connectivity index (χ0) is 19.2. The highest BCUT2D eigenvalue weighted by Gasteiger charge is 2.05. The predicted octanol–water partition coefficient (Wildman–Crippen LogP) is 3.35. The number of nitrogens with zero attached hydrogens (tertiary/aromatic N) is 4. The van der Waals surface area contributed by atoms with Crippen molar-refractivity contribution in [3.05, 3.63) is 85.6 Å². The number of imidazole rings is 1. The minimum Gasteiger partial charge on any atom is -0.484 e.